The van der Waals surface area contributed by atoms with Crippen molar-refractivity contribution in [1.29, 1.82) is 0 Å². The molecule has 0 unspecified atom stereocenters. The van der Waals surface area contributed by atoms with Gasteiger partial charge in [0, 0.05) is 6.42 Å². The average molecular weight is 412 g/mol. The first-order valence-corrected chi connectivity index (χ1v) is 10.5. The first-order chi connectivity index (χ1) is 14.0. The quantitative estimate of drug-likeness (QED) is 0.710. The second kappa shape index (κ2) is 9.60. The fraction of sp³-hybridized carbons (Fsp3) is 0.318. The summed E-state index contributed by atoms with van der Waals surface area (Å²) in [4.78, 5) is 29.3. The molecule has 2 aromatic carbocycles. The summed E-state index contributed by atoms with van der Waals surface area (Å²) >= 11 is 1.28. The first kappa shape index (κ1) is 20.9. The Balaban J connectivity index is 1.62. The minimum Gasteiger partial charge on any atom is -0.491 e. The van der Waals surface area contributed by atoms with Gasteiger partial charge in [-0.05, 0) is 55.7 Å². The second-order valence-electron chi connectivity index (χ2n) is 6.88. The lowest BCUT2D eigenvalue weighted by Gasteiger charge is -2.12. The van der Waals surface area contributed by atoms with Crippen molar-refractivity contribution >= 4 is 40.1 Å². The number of anilines is 1. The number of thioether (sulfide) groups is 1. The van der Waals surface area contributed by atoms with Crippen molar-refractivity contribution in [2.45, 2.75) is 38.9 Å². The number of amidine groups is 1. The lowest BCUT2D eigenvalue weighted by molar-refractivity contribution is -0.122. The molecule has 0 aromatic heterocycles. The number of aliphatic imine (C=N–C) groups is 1. The smallest absolute Gasteiger partial charge is 0.240 e. The van der Waals surface area contributed by atoms with Gasteiger partial charge in [-0.25, -0.2) is 4.99 Å². The van der Waals surface area contributed by atoms with Crippen molar-refractivity contribution in [2.24, 2.45) is 4.99 Å². The van der Waals surface area contributed by atoms with Crippen LogP contribution in [0.3, 0.4) is 0 Å². The molecule has 29 heavy (non-hydrogen) atoms. The van der Waals surface area contributed by atoms with E-state index in [0.29, 0.717) is 23.2 Å². The van der Waals surface area contributed by atoms with Crippen LogP contribution in [0.5, 0.6) is 5.75 Å². The van der Waals surface area contributed by atoms with Crippen molar-refractivity contribution in [2.75, 3.05) is 11.9 Å². The molecule has 0 bridgehead atoms. The topological polar surface area (TPSA) is 79.8 Å². The van der Waals surface area contributed by atoms with Crippen LogP contribution in [0.1, 0.15) is 30.9 Å². The molecule has 1 heterocycles. The third-order valence-corrected chi connectivity index (χ3v) is 5.57. The number of ether oxygens (including phenoxy) is 1. The van der Waals surface area contributed by atoms with Crippen LogP contribution in [-0.4, -0.2) is 28.8 Å². The molecule has 1 fully saturated rings. The highest BCUT2D eigenvalue weighted by Crippen LogP contribution is 2.28. The Bertz CT molecular complexity index is 943. The van der Waals surface area contributed by atoms with Crippen LogP contribution in [0.25, 0.3) is 0 Å². The maximum absolute atomic E-state index is 12.5. The zero-order valence-electron chi connectivity index (χ0n) is 16.8. The number of nitrogens with one attached hydrogen (secondary N) is 2. The molecule has 1 aliphatic heterocycles. The summed E-state index contributed by atoms with van der Waals surface area (Å²) in [6.07, 6.45) is 0.939. The summed E-state index contributed by atoms with van der Waals surface area (Å²) in [7, 11) is 0. The van der Waals surface area contributed by atoms with E-state index in [0.717, 1.165) is 17.7 Å². The number of carbonyl (C=O) groups excluding carboxylic acids is 2. The third-order valence-electron chi connectivity index (χ3n) is 4.49. The molecule has 6 nitrogen and oxygen atoms in total. The van der Waals surface area contributed by atoms with E-state index in [9.17, 15) is 9.59 Å². The van der Waals surface area contributed by atoms with Crippen LogP contribution in [0.15, 0.2) is 47.5 Å². The maximum Gasteiger partial charge on any atom is 0.240 e. The van der Waals surface area contributed by atoms with Crippen molar-refractivity contribution in [3.63, 3.8) is 0 Å². The van der Waals surface area contributed by atoms with Crippen molar-refractivity contribution in [3.05, 3.63) is 53.6 Å². The zero-order valence-corrected chi connectivity index (χ0v) is 17.6. The molecule has 0 aliphatic carbocycles. The summed E-state index contributed by atoms with van der Waals surface area (Å²) in [5.74, 6) is 0.184. The van der Waals surface area contributed by atoms with Gasteiger partial charge >= 0.3 is 0 Å². The minimum absolute atomic E-state index is 0.0601. The largest absolute Gasteiger partial charge is 0.491 e. The van der Waals surface area contributed by atoms with Gasteiger partial charge in [0.05, 0.1) is 18.0 Å². The van der Waals surface area contributed by atoms with E-state index in [1.807, 2.05) is 57.2 Å². The predicted molar refractivity (Wildman–Crippen MR) is 118 cm³/mol. The second-order valence-corrected chi connectivity index (χ2v) is 8.07. The Morgan fingerprint density at radius 1 is 1.21 bits per heavy atom. The number of rotatable bonds is 7. The van der Waals surface area contributed by atoms with Gasteiger partial charge in [-0.3, -0.25) is 9.59 Å². The molecule has 2 aromatic rings. The maximum atomic E-state index is 12.5. The van der Waals surface area contributed by atoms with E-state index >= 15 is 0 Å². The van der Waals surface area contributed by atoms with Gasteiger partial charge in [0.15, 0.2) is 5.17 Å². The molecule has 1 saturated heterocycles. The lowest BCUT2D eigenvalue weighted by Crippen LogP contribution is -2.28. The average Bonchev–Trinajstić information content (AvgIpc) is 3.02. The molecular weight excluding hydrogens is 386 g/mol. The van der Waals surface area contributed by atoms with Gasteiger partial charge in [-0.15, -0.1) is 0 Å². The summed E-state index contributed by atoms with van der Waals surface area (Å²) in [5, 5.41) is 5.62. The molecule has 1 atom stereocenters. The molecule has 1 aliphatic rings. The zero-order chi connectivity index (χ0) is 20.8. The number of para-hydroxylation sites is 2. The molecule has 0 spiro atoms. The Hall–Kier alpha value is -2.80. The lowest BCUT2D eigenvalue weighted by atomic mass is 10.1. The fourth-order valence-electron chi connectivity index (χ4n) is 2.78. The Morgan fingerprint density at radius 2 is 2.00 bits per heavy atom. The summed E-state index contributed by atoms with van der Waals surface area (Å²) < 4.78 is 5.66. The summed E-state index contributed by atoms with van der Waals surface area (Å²) in [5.41, 5.74) is 3.72. The van der Waals surface area contributed by atoms with Crippen molar-refractivity contribution in [3.8, 4) is 5.75 Å². The number of hydrogen-bond donors (Lipinski definition) is 2. The van der Waals surface area contributed by atoms with E-state index in [2.05, 4.69) is 15.6 Å². The highest BCUT2D eigenvalue weighted by Gasteiger charge is 2.32. The molecule has 7 heteroatoms. The van der Waals surface area contributed by atoms with Gasteiger partial charge in [-0.1, -0.05) is 36.9 Å². The Morgan fingerprint density at radius 3 is 2.76 bits per heavy atom. The molecule has 2 N–H and O–H groups in total. The van der Waals surface area contributed by atoms with E-state index in [1.54, 1.807) is 6.07 Å². The molecule has 0 saturated carbocycles. The van der Waals surface area contributed by atoms with Crippen molar-refractivity contribution in [1.82, 2.24) is 5.32 Å². The SMILES string of the molecule is CCCOc1ccccc1NC(=O)C[C@@H]1SC(=Nc2ccc(C)c(C)c2)NC1=O. The fourth-order valence-corrected chi connectivity index (χ4v) is 3.77. The van der Waals surface area contributed by atoms with E-state index in [1.165, 1.54) is 17.3 Å². The van der Waals surface area contributed by atoms with Crippen LogP contribution in [0.2, 0.25) is 0 Å². The van der Waals surface area contributed by atoms with Crippen LogP contribution in [0.4, 0.5) is 11.4 Å². The minimum atomic E-state index is -0.510. The molecule has 152 valence electrons. The highest BCUT2D eigenvalue weighted by molar-refractivity contribution is 8.15. The number of amides is 2. The van der Waals surface area contributed by atoms with Crippen molar-refractivity contribution < 1.29 is 14.3 Å². The Kier molecular flexibility index (Phi) is 6.93. The molecule has 2 amide bonds. The van der Waals surface area contributed by atoms with Crippen LogP contribution < -0.4 is 15.4 Å². The van der Waals surface area contributed by atoms with Gasteiger partial charge in [-0.2, -0.15) is 0 Å². The van der Waals surface area contributed by atoms with Gasteiger partial charge in [0.25, 0.3) is 0 Å². The number of carbonyl (C=O) groups is 2. The normalized spacial score (nSPS) is 17.3. The van der Waals surface area contributed by atoms with E-state index in [4.69, 9.17) is 4.74 Å². The number of aryl methyl sites for hydroxylation is 2. The highest BCUT2D eigenvalue weighted by atomic mass is 32.2. The molecule has 0 radical (unpaired) electrons. The monoisotopic (exact) mass is 411 g/mol. The van der Waals surface area contributed by atoms with Gasteiger partial charge < -0.3 is 15.4 Å². The predicted octanol–water partition coefficient (Wildman–Crippen LogP) is 4.34. The molecule has 3 rings (SSSR count). The number of nitrogens with zero attached hydrogens (tertiary/aromatic N) is 1. The van der Waals surface area contributed by atoms with Crippen LogP contribution in [0, 0.1) is 13.8 Å². The molecular formula is C22H25N3O3S. The van der Waals surface area contributed by atoms with Crippen LogP contribution in [-0.2, 0) is 9.59 Å². The summed E-state index contributed by atoms with van der Waals surface area (Å²) in [6.45, 7) is 6.66. The van der Waals surface area contributed by atoms with Crippen LogP contribution >= 0.6 is 11.8 Å². The van der Waals surface area contributed by atoms with E-state index < -0.39 is 5.25 Å². The summed E-state index contributed by atoms with van der Waals surface area (Å²) in [6, 6.07) is 13.2. The van der Waals surface area contributed by atoms with Gasteiger partial charge in [0.2, 0.25) is 11.8 Å². The Labute approximate surface area is 175 Å². The third kappa shape index (κ3) is 5.60. The standard InChI is InChI=1S/C22H25N3O3S/c1-4-11-28-18-8-6-5-7-17(18)24-20(26)13-19-21(27)25-22(29-19)23-16-10-9-14(2)15(3)12-16/h5-10,12,19H,4,11,13H2,1-3H3,(H,24,26)(H,23,25,27)/t19-/m0/s1. The first-order valence-electron chi connectivity index (χ1n) is 9.61. The number of hydrogen-bond acceptors (Lipinski definition) is 5. The van der Waals surface area contributed by atoms with E-state index in [-0.39, 0.29) is 18.2 Å². The van der Waals surface area contributed by atoms with Gasteiger partial charge in [0.1, 0.15) is 11.0 Å². The number of benzene rings is 2.